The van der Waals surface area contributed by atoms with Crippen LogP contribution in [0.1, 0.15) is 26.3 Å². The van der Waals surface area contributed by atoms with Crippen molar-refractivity contribution in [3.8, 4) is 0 Å². The monoisotopic (exact) mass is 281 g/mol. The van der Waals surface area contributed by atoms with Gasteiger partial charge < -0.3 is 9.64 Å². The molecule has 0 saturated heterocycles. The van der Waals surface area contributed by atoms with Crippen LogP contribution in [0.3, 0.4) is 0 Å². The summed E-state index contributed by atoms with van der Waals surface area (Å²) in [6, 6.07) is 5.65. The molecule has 0 spiro atoms. The molecule has 0 aromatic heterocycles. The lowest BCUT2D eigenvalue weighted by atomic mass is 10.1. The molecule has 5 heteroatoms. The molecule has 0 saturated carbocycles. The molecule has 1 aromatic rings. The summed E-state index contributed by atoms with van der Waals surface area (Å²) in [4.78, 5) is 25.2. The number of amides is 1. The number of halogens is 1. The molecule has 1 aromatic carbocycles. The van der Waals surface area contributed by atoms with E-state index < -0.39 is 5.97 Å². The van der Waals surface area contributed by atoms with E-state index in [2.05, 4.69) is 0 Å². The van der Waals surface area contributed by atoms with E-state index in [1.54, 1.807) is 19.1 Å². The second-order valence-corrected chi connectivity index (χ2v) is 4.72. The lowest BCUT2D eigenvalue weighted by Gasteiger charge is -2.25. The molecule has 0 aliphatic heterocycles. The molecule has 110 valence electrons. The number of nitrogens with zero attached hydrogens (tertiary/aromatic N) is 1. The molecule has 1 rings (SSSR count). The van der Waals surface area contributed by atoms with Gasteiger partial charge >= 0.3 is 5.97 Å². The Bertz CT molecular complexity index is 457. The van der Waals surface area contributed by atoms with Crippen LogP contribution in [0, 0.1) is 5.82 Å². The highest BCUT2D eigenvalue weighted by Crippen LogP contribution is 2.08. The van der Waals surface area contributed by atoms with Crippen molar-refractivity contribution in [1.82, 2.24) is 4.90 Å². The van der Waals surface area contributed by atoms with Crippen LogP contribution in [-0.4, -0.2) is 36.0 Å². The van der Waals surface area contributed by atoms with Gasteiger partial charge in [0.25, 0.3) is 0 Å². The zero-order valence-electron chi connectivity index (χ0n) is 12.1. The summed E-state index contributed by atoms with van der Waals surface area (Å²) in [6.07, 6.45) is 0.137. The number of carbonyl (C=O) groups is 2. The van der Waals surface area contributed by atoms with Crippen LogP contribution in [0.4, 0.5) is 4.39 Å². The van der Waals surface area contributed by atoms with Gasteiger partial charge in [-0.3, -0.25) is 9.59 Å². The molecule has 0 N–H and O–H groups in total. The van der Waals surface area contributed by atoms with Crippen molar-refractivity contribution in [2.75, 3.05) is 13.2 Å². The molecule has 0 bridgehead atoms. The standard InChI is InChI=1S/C15H20FNO3/c1-4-20-15(19)10-17(11(2)3)14(18)9-12-5-7-13(16)8-6-12/h5-8,11H,4,9-10H2,1-3H3. The van der Waals surface area contributed by atoms with Crippen LogP contribution in [0.2, 0.25) is 0 Å². The largest absolute Gasteiger partial charge is 0.465 e. The van der Waals surface area contributed by atoms with Gasteiger partial charge in [0, 0.05) is 6.04 Å². The summed E-state index contributed by atoms with van der Waals surface area (Å²) in [5.41, 5.74) is 0.714. The lowest BCUT2D eigenvalue weighted by molar-refractivity contribution is -0.149. The molecule has 0 atom stereocenters. The average Bonchev–Trinajstić information content (AvgIpc) is 2.38. The highest BCUT2D eigenvalue weighted by atomic mass is 19.1. The minimum absolute atomic E-state index is 0.0640. The van der Waals surface area contributed by atoms with Crippen molar-refractivity contribution in [1.29, 1.82) is 0 Å². The normalized spacial score (nSPS) is 10.4. The van der Waals surface area contributed by atoms with E-state index in [4.69, 9.17) is 4.74 Å². The van der Waals surface area contributed by atoms with Gasteiger partial charge in [0.1, 0.15) is 12.4 Å². The molecular formula is C15H20FNO3. The number of carbonyl (C=O) groups excluding carboxylic acids is 2. The van der Waals surface area contributed by atoms with Crippen LogP contribution < -0.4 is 0 Å². The predicted molar refractivity (Wildman–Crippen MR) is 73.6 cm³/mol. The third kappa shape index (κ3) is 4.99. The van der Waals surface area contributed by atoms with E-state index in [-0.39, 0.29) is 37.3 Å². The zero-order chi connectivity index (χ0) is 15.1. The van der Waals surface area contributed by atoms with Gasteiger partial charge in [0.05, 0.1) is 13.0 Å². The fourth-order valence-electron chi connectivity index (χ4n) is 1.78. The fourth-order valence-corrected chi connectivity index (χ4v) is 1.78. The van der Waals surface area contributed by atoms with Crippen LogP contribution in [0.15, 0.2) is 24.3 Å². The number of rotatable bonds is 6. The Morgan fingerprint density at radius 2 is 1.85 bits per heavy atom. The quantitative estimate of drug-likeness (QED) is 0.751. The Morgan fingerprint density at radius 3 is 2.35 bits per heavy atom. The van der Waals surface area contributed by atoms with E-state index in [9.17, 15) is 14.0 Å². The highest BCUT2D eigenvalue weighted by Gasteiger charge is 2.20. The SMILES string of the molecule is CCOC(=O)CN(C(=O)Cc1ccc(F)cc1)C(C)C. The van der Waals surface area contributed by atoms with Crippen molar-refractivity contribution in [2.24, 2.45) is 0 Å². The van der Waals surface area contributed by atoms with E-state index in [1.165, 1.54) is 17.0 Å². The van der Waals surface area contributed by atoms with Gasteiger partial charge in [-0.15, -0.1) is 0 Å². The summed E-state index contributed by atoms with van der Waals surface area (Å²) < 4.78 is 17.7. The summed E-state index contributed by atoms with van der Waals surface area (Å²) in [5, 5.41) is 0. The summed E-state index contributed by atoms with van der Waals surface area (Å²) >= 11 is 0. The van der Waals surface area contributed by atoms with E-state index >= 15 is 0 Å². The first kappa shape index (κ1) is 16.1. The van der Waals surface area contributed by atoms with Gasteiger partial charge in [-0.1, -0.05) is 12.1 Å². The topological polar surface area (TPSA) is 46.6 Å². The molecular weight excluding hydrogens is 261 g/mol. The minimum atomic E-state index is -0.423. The molecule has 0 radical (unpaired) electrons. The van der Waals surface area contributed by atoms with Gasteiger partial charge in [-0.2, -0.15) is 0 Å². The Kier molecular flexibility index (Phi) is 6.15. The first-order valence-electron chi connectivity index (χ1n) is 6.63. The maximum atomic E-state index is 12.8. The number of ether oxygens (including phenoxy) is 1. The third-order valence-corrected chi connectivity index (χ3v) is 2.82. The van der Waals surface area contributed by atoms with Crippen LogP contribution in [0.5, 0.6) is 0 Å². The highest BCUT2D eigenvalue weighted by molar-refractivity contribution is 5.83. The number of hydrogen-bond acceptors (Lipinski definition) is 3. The summed E-state index contributed by atoms with van der Waals surface area (Å²) in [6.45, 7) is 5.62. The van der Waals surface area contributed by atoms with E-state index in [1.807, 2.05) is 13.8 Å². The van der Waals surface area contributed by atoms with E-state index in [0.717, 1.165) is 0 Å². The Morgan fingerprint density at radius 1 is 1.25 bits per heavy atom. The van der Waals surface area contributed by atoms with Crippen molar-refractivity contribution in [3.05, 3.63) is 35.6 Å². The molecule has 4 nitrogen and oxygen atoms in total. The van der Waals surface area contributed by atoms with Crippen molar-refractivity contribution >= 4 is 11.9 Å². The van der Waals surface area contributed by atoms with Gasteiger partial charge in [-0.05, 0) is 38.5 Å². The number of esters is 1. The molecule has 0 unspecified atom stereocenters. The Balaban J connectivity index is 2.69. The second kappa shape index (κ2) is 7.62. The maximum Gasteiger partial charge on any atom is 0.325 e. The van der Waals surface area contributed by atoms with Crippen molar-refractivity contribution < 1.29 is 18.7 Å². The van der Waals surface area contributed by atoms with Crippen LogP contribution in [0.25, 0.3) is 0 Å². The summed E-state index contributed by atoms with van der Waals surface area (Å²) in [7, 11) is 0. The third-order valence-electron chi connectivity index (χ3n) is 2.82. The first-order chi connectivity index (χ1) is 9.43. The molecule has 20 heavy (non-hydrogen) atoms. The molecule has 0 aliphatic carbocycles. The molecule has 0 fully saturated rings. The number of hydrogen-bond donors (Lipinski definition) is 0. The van der Waals surface area contributed by atoms with E-state index in [0.29, 0.717) is 5.56 Å². The van der Waals surface area contributed by atoms with Crippen molar-refractivity contribution in [3.63, 3.8) is 0 Å². The van der Waals surface area contributed by atoms with Gasteiger partial charge in [-0.25, -0.2) is 4.39 Å². The summed E-state index contributed by atoms with van der Waals surface area (Å²) in [5.74, 6) is -0.943. The zero-order valence-corrected chi connectivity index (χ0v) is 12.1. The van der Waals surface area contributed by atoms with Crippen molar-refractivity contribution in [2.45, 2.75) is 33.2 Å². The van der Waals surface area contributed by atoms with Gasteiger partial charge in [0.2, 0.25) is 5.91 Å². The Labute approximate surface area is 118 Å². The Hall–Kier alpha value is -1.91. The second-order valence-electron chi connectivity index (χ2n) is 4.72. The smallest absolute Gasteiger partial charge is 0.325 e. The van der Waals surface area contributed by atoms with Crippen LogP contribution >= 0.6 is 0 Å². The molecule has 1 amide bonds. The first-order valence-corrected chi connectivity index (χ1v) is 6.63. The molecule has 0 aliphatic rings. The van der Waals surface area contributed by atoms with Crippen LogP contribution in [-0.2, 0) is 20.7 Å². The predicted octanol–water partition coefficient (Wildman–Crippen LogP) is 2.17. The minimum Gasteiger partial charge on any atom is -0.465 e. The maximum absolute atomic E-state index is 12.8. The average molecular weight is 281 g/mol. The lowest BCUT2D eigenvalue weighted by Crippen LogP contribution is -2.42. The number of benzene rings is 1. The molecule has 0 heterocycles. The van der Waals surface area contributed by atoms with Gasteiger partial charge in [0.15, 0.2) is 0 Å². The fraction of sp³-hybridized carbons (Fsp3) is 0.467.